The first-order valence-corrected chi connectivity index (χ1v) is 24.7. The van der Waals surface area contributed by atoms with Crippen molar-refractivity contribution in [1.29, 1.82) is 0 Å². The van der Waals surface area contributed by atoms with Crippen LogP contribution in [-0.4, -0.2) is 54.7 Å². The highest BCUT2D eigenvalue weighted by atomic mass is 79.9. The molecule has 0 radical (unpaired) electrons. The number of aryl methyl sites for hydroxylation is 4. The van der Waals surface area contributed by atoms with Crippen LogP contribution >= 0.6 is 15.9 Å². The molecular formula is C58H70B3BrO6. The molecule has 3 heterocycles. The lowest BCUT2D eigenvalue weighted by atomic mass is 9.49. The number of hydrogen-bond acceptors (Lipinski definition) is 6. The first kappa shape index (κ1) is 51.6. The minimum Gasteiger partial charge on any atom is -0.405 e. The molecule has 0 bridgehead atoms. The van der Waals surface area contributed by atoms with Gasteiger partial charge in [0.05, 0.1) is 33.6 Å². The van der Waals surface area contributed by atoms with E-state index in [2.05, 4.69) is 205 Å². The summed E-state index contributed by atoms with van der Waals surface area (Å²) >= 11 is 3.64. The summed E-state index contributed by atoms with van der Waals surface area (Å²) in [5, 5.41) is 0. The van der Waals surface area contributed by atoms with Gasteiger partial charge in [-0.15, -0.1) is 0 Å². The van der Waals surface area contributed by atoms with Gasteiger partial charge in [-0.25, -0.2) is 0 Å². The van der Waals surface area contributed by atoms with Crippen LogP contribution in [0.15, 0.2) is 138 Å². The van der Waals surface area contributed by atoms with E-state index < -0.39 is 14.0 Å². The summed E-state index contributed by atoms with van der Waals surface area (Å²) in [7, 11) is -1.33. The predicted molar refractivity (Wildman–Crippen MR) is 289 cm³/mol. The number of halogens is 1. The Kier molecular flexibility index (Phi) is 14.8. The molecule has 3 saturated heterocycles. The largest absolute Gasteiger partial charge is 0.494 e. The van der Waals surface area contributed by atoms with E-state index in [0.717, 1.165) is 9.94 Å². The highest BCUT2D eigenvalue weighted by molar-refractivity contribution is 9.10. The maximum Gasteiger partial charge on any atom is 0.494 e. The summed E-state index contributed by atoms with van der Waals surface area (Å²) in [5.41, 5.74) is 13.7. The highest BCUT2D eigenvalue weighted by Gasteiger charge is 2.63. The van der Waals surface area contributed by atoms with Crippen LogP contribution in [0.1, 0.15) is 105 Å². The molecular weight excluding hydrogens is 905 g/mol. The second kappa shape index (κ2) is 19.5. The Morgan fingerprint density at radius 2 is 0.515 bits per heavy atom. The lowest BCUT2D eigenvalue weighted by Gasteiger charge is -2.32. The van der Waals surface area contributed by atoms with Gasteiger partial charge in [-0.3, -0.25) is 0 Å². The van der Waals surface area contributed by atoms with Gasteiger partial charge in [0.15, 0.2) is 0 Å². The third kappa shape index (κ3) is 11.5. The van der Waals surface area contributed by atoms with E-state index in [0.29, 0.717) is 0 Å². The molecule has 9 rings (SSSR count). The van der Waals surface area contributed by atoms with E-state index in [1.165, 1.54) is 66.8 Å². The quantitative estimate of drug-likeness (QED) is 0.155. The SMILES string of the molecule is CC1(C)OB(B2OC(C)(C)C(C)(C)O2)OC1(C)C.Cc1ccc(-c2cc(B3OC(C)(C)C(C)(C)O3)cc(-c3ccc(C)cc3)c2)cc1.Cc1ccc(-c2cc(Br)cc(-c3ccc(C)cc3)c2)cc1. The first-order chi connectivity index (χ1) is 31.6. The molecule has 0 aromatic heterocycles. The van der Waals surface area contributed by atoms with Crippen molar-refractivity contribution < 1.29 is 27.9 Å². The second-order valence-corrected chi connectivity index (χ2v) is 22.8. The number of hydrogen-bond donors (Lipinski definition) is 0. The van der Waals surface area contributed by atoms with Gasteiger partial charge >= 0.3 is 21.1 Å². The molecule has 6 aromatic carbocycles. The van der Waals surface area contributed by atoms with Crippen molar-refractivity contribution in [2.45, 2.75) is 144 Å². The predicted octanol–water partition coefficient (Wildman–Crippen LogP) is 14.6. The molecule has 0 N–H and O–H groups in total. The molecule has 354 valence electrons. The molecule has 3 aliphatic heterocycles. The van der Waals surface area contributed by atoms with E-state index in [-0.39, 0.29) is 40.7 Å². The Bertz CT molecular complexity index is 2480. The van der Waals surface area contributed by atoms with Crippen molar-refractivity contribution in [3.8, 4) is 44.5 Å². The van der Waals surface area contributed by atoms with E-state index >= 15 is 0 Å². The van der Waals surface area contributed by atoms with Crippen LogP contribution in [0.4, 0.5) is 0 Å². The summed E-state index contributed by atoms with van der Waals surface area (Å²) in [5.74, 6) is 0. The van der Waals surface area contributed by atoms with Crippen LogP contribution in [-0.2, 0) is 27.9 Å². The molecule has 68 heavy (non-hydrogen) atoms. The van der Waals surface area contributed by atoms with E-state index in [4.69, 9.17) is 27.9 Å². The van der Waals surface area contributed by atoms with Crippen molar-refractivity contribution in [3.63, 3.8) is 0 Å². The molecule has 3 aliphatic rings. The fourth-order valence-electron chi connectivity index (χ4n) is 8.01. The van der Waals surface area contributed by atoms with Crippen LogP contribution in [0.2, 0.25) is 0 Å². The Morgan fingerprint density at radius 1 is 0.294 bits per heavy atom. The second-order valence-electron chi connectivity index (χ2n) is 21.9. The standard InChI is InChI=1S/C26H29BO2.C20H17Br.C12H24B2O4/c1-18-7-11-20(12-8-18)22-15-23(21-13-9-19(2)10-14-21)17-24(16-22)27-28-25(3,4)26(5,6)29-27;1-14-3-7-16(8-4-14)18-11-19(13-20(21)12-18)17-9-5-15(2)6-10-17;1-9(2)10(3,4)16-13(15-9)14-17-11(5,6)12(7,8)18-14/h7-17H,1-6H3;3-13H,1-2H3;1-8H3. The van der Waals surface area contributed by atoms with Gasteiger partial charge in [-0.1, -0.05) is 147 Å². The highest BCUT2D eigenvalue weighted by Crippen LogP contribution is 2.43. The average molecular weight is 976 g/mol. The van der Waals surface area contributed by atoms with Crippen LogP contribution < -0.4 is 5.46 Å². The monoisotopic (exact) mass is 974 g/mol. The zero-order valence-corrected chi connectivity index (χ0v) is 44.8. The molecule has 3 fully saturated rings. The average Bonchev–Trinajstić information content (AvgIpc) is 3.74. The van der Waals surface area contributed by atoms with Gasteiger partial charge in [0, 0.05) is 4.47 Å². The zero-order valence-electron chi connectivity index (χ0n) is 43.3. The van der Waals surface area contributed by atoms with E-state index in [1.807, 2.05) is 55.4 Å². The lowest BCUT2D eigenvalue weighted by Crippen LogP contribution is -2.41. The first-order valence-electron chi connectivity index (χ1n) is 23.9. The molecule has 10 heteroatoms. The molecule has 6 nitrogen and oxygen atoms in total. The Balaban J connectivity index is 0.000000156. The maximum atomic E-state index is 6.35. The maximum absolute atomic E-state index is 6.35. The summed E-state index contributed by atoms with van der Waals surface area (Å²) in [6, 6.07) is 47.9. The Morgan fingerprint density at radius 3 is 0.765 bits per heavy atom. The van der Waals surface area contributed by atoms with Gasteiger partial charge in [0.1, 0.15) is 0 Å². The van der Waals surface area contributed by atoms with Gasteiger partial charge in [0.25, 0.3) is 0 Å². The fourth-order valence-corrected chi connectivity index (χ4v) is 8.50. The summed E-state index contributed by atoms with van der Waals surface area (Å²) in [6.45, 7) is 33.0. The lowest BCUT2D eigenvalue weighted by molar-refractivity contribution is 0.00578. The molecule has 0 aliphatic carbocycles. The minimum atomic E-state index is -0.476. The fraction of sp³-hybridized carbons (Fsp3) is 0.379. The Hall–Kier alpha value is -4.25. The van der Waals surface area contributed by atoms with Crippen molar-refractivity contribution in [1.82, 2.24) is 0 Å². The topological polar surface area (TPSA) is 55.4 Å². The third-order valence-corrected chi connectivity index (χ3v) is 15.1. The van der Waals surface area contributed by atoms with Gasteiger partial charge < -0.3 is 27.9 Å². The van der Waals surface area contributed by atoms with Crippen LogP contribution in [0.5, 0.6) is 0 Å². The third-order valence-electron chi connectivity index (χ3n) is 14.7. The normalized spacial score (nSPS) is 19.2. The van der Waals surface area contributed by atoms with Gasteiger partial charge in [-0.05, 0) is 185 Å². The van der Waals surface area contributed by atoms with Gasteiger partial charge in [-0.2, -0.15) is 0 Å². The molecule has 6 aromatic rings. The van der Waals surface area contributed by atoms with Crippen LogP contribution in [0, 0.1) is 27.7 Å². The molecule has 0 saturated carbocycles. The van der Waals surface area contributed by atoms with Crippen molar-refractivity contribution in [3.05, 3.63) is 160 Å². The van der Waals surface area contributed by atoms with Crippen LogP contribution in [0.3, 0.4) is 0 Å². The van der Waals surface area contributed by atoms with Crippen LogP contribution in [0.25, 0.3) is 44.5 Å². The molecule has 0 unspecified atom stereocenters. The molecule has 0 atom stereocenters. The number of benzene rings is 6. The summed E-state index contributed by atoms with van der Waals surface area (Å²) in [4.78, 5) is 0. The van der Waals surface area contributed by atoms with E-state index in [1.54, 1.807) is 0 Å². The zero-order chi connectivity index (χ0) is 49.6. The summed E-state index contributed by atoms with van der Waals surface area (Å²) < 4.78 is 37.7. The van der Waals surface area contributed by atoms with Gasteiger partial charge in [0.2, 0.25) is 0 Å². The minimum absolute atomic E-state index is 0.360. The Labute approximate surface area is 417 Å². The smallest absolute Gasteiger partial charge is 0.405 e. The summed E-state index contributed by atoms with van der Waals surface area (Å²) in [6.07, 6.45) is 0. The molecule has 0 amide bonds. The van der Waals surface area contributed by atoms with E-state index in [9.17, 15) is 0 Å². The van der Waals surface area contributed by atoms with Crippen molar-refractivity contribution >= 4 is 42.5 Å². The molecule has 0 spiro atoms. The van der Waals surface area contributed by atoms with Crippen molar-refractivity contribution in [2.24, 2.45) is 0 Å². The van der Waals surface area contributed by atoms with Crippen molar-refractivity contribution in [2.75, 3.05) is 0 Å². The number of rotatable bonds is 6.